The second-order valence-electron chi connectivity index (χ2n) is 7.66. The molecule has 33 heavy (non-hydrogen) atoms. The van der Waals surface area contributed by atoms with Crippen molar-refractivity contribution >= 4 is 69.4 Å². The van der Waals surface area contributed by atoms with Gasteiger partial charge in [0.2, 0.25) is 5.91 Å². The Labute approximate surface area is 209 Å². The Bertz CT molecular complexity index is 1240. The predicted molar refractivity (Wildman–Crippen MR) is 130 cm³/mol. The monoisotopic (exact) mass is 529 g/mol. The normalized spacial score (nSPS) is 18.6. The molecule has 1 amide bonds. The number of rotatable bonds is 6. The van der Waals surface area contributed by atoms with Crippen molar-refractivity contribution in [3.63, 3.8) is 0 Å². The predicted octanol–water partition coefficient (Wildman–Crippen LogP) is 6.99. The fourth-order valence-electron chi connectivity index (χ4n) is 3.67. The van der Waals surface area contributed by atoms with Crippen LogP contribution in [-0.4, -0.2) is 10.2 Å². The molecule has 1 saturated carbocycles. The average molecular weight is 531 g/mol. The molecule has 0 aliphatic heterocycles. The van der Waals surface area contributed by atoms with E-state index >= 15 is 0 Å². The second kappa shape index (κ2) is 9.18. The molecular formula is C23H17Cl4F2N3O. The van der Waals surface area contributed by atoms with E-state index in [0.717, 1.165) is 11.6 Å². The number of nitrogens with one attached hydrogen (secondary N) is 2. The van der Waals surface area contributed by atoms with Crippen molar-refractivity contribution in [2.75, 3.05) is 16.4 Å². The number of nitrogen functional groups attached to an aromatic ring is 1. The molecule has 1 aliphatic carbocycles. The van der Waals surface area contributed by atoms with Gasteiger partial charge in [-0.2, -0.15) is 0 Å². The molecule has 0 bridgehead atoms. The van der Waals surface area contributed by atoms with Gasteiger partial charge in [0, 0.05) is 28.2 Å². The number of amides is 1. The number of carbonyl (C=O) groups excluding carboxylic acids is 1. The summed E-state index contributed by atoms with van der Waals surface area (Å²) in [5, 5.41) is 6.54. The number of carbonyl (C=O) groups is 1. The Balaban J connectivity index is 1.47. The van der Waals surface area contributed by atoms with E-state index in [1.165, 1.54) is 6.07 Å². The minimum Gasteiger partial charge on any atom is -0.394 e. The Hall–Kier alpha value is -2.25. The molecule has 0 aromatic heterocycles. The van der Waals surface area contributed by atoms with E-state index < -0.39 is 33.5 Å². The summed E-state index contributed by atoms with van der Waals surface area (Å²) in [6.07, 6.45) is 0. The molecule has 4 N–H and O–H groups in total. The fourth-order valence-corrected chi connectivity index (χ4v) is 4.88. The van der Waals surface area contributed by atoms with E-state index in [1.807, 2.05) is 6.07 Å². The molecule has 3 aromatic rings. The smallest absolute Gasteiger partial charge is 0.231 e. The van der Waals surface area contributed by atoms with Crippen LogP contribution in [-0.2, 0) is 11.3 Å². The van der Waals surface area contributed by atoms with Crippen LogP contribution in [0.1, 0.15) is 17.0 Å². The van der Waals surface area contributed by atoms with Crippen molar-refractivity contribution in [1.82, 2.24) is 0 Å². The third-order valence-corrected chi connectivity index (χ3v) is 7.00. The summed E-state index contributed by atoms with van der Waals surface area (Å²) >= 11 is 25.1. The van der Waals surface area contributed by atoms with Crippen LogP contribution in [0, 0.1) is 17.6 Å². The zero-order chi connectivity index (χ0) is 23.9. The van der Waals surface area contributed by atoms with E-state index in [-0.39, 0.29) is 18.1 Å². The summed E-state index contributed by atoms with van der Waals surface area (Å²) in [7, 11) is 0. The molecule has 10 heteroatoms. The van der Waals surface area contributed by atoms with E-state index in [4.69, 9.17) is 52.1 Å². The van der Waals surface area contributed by atoms with Gasteiger partial charge in [-0.25, -0.2) is 8.78 Å². The molecule has 0 saturated heterocycles. The quantitative estimate of drug-likeness (QED) is 0.237. The zero-order valence-corrected chi connectivity index (χ0v) is 19.8. The molecule has 172 valence electrons. The van der Waals surface area contributed by atoms with Gasteiger partial charge >= 0.3 is 0 Å². The molecule has 0 spiro atoms. The lowest BCUT2D eigenvalue weighted by Gasteiger charge is -2.12. The maximum Gasteiger partial charge on any atom is 0.231 e. The lowest BCUT2D eigenvalue weighted by Crippen LogP contribution is -2.17. The number of alkyl halides is 2. The van der Waals surface area contributed by atoms with Crippen LogP contribution >= 0.6 is 46.4 Å². The first-order chi connectivity index (χ1) is 15.6. The van der Waals surface area contributed by atoms with Crippen molar-refractivity contribution < 1.29 is 13.6 Å². The number of anilines is 3. The molecule has 2 atom stereocenters. The van der Waals surface area contributed by atoms with Crippen molar-refractivity contribution in [1.29, 1.82) is 0 Å². The van der Waals surface area contributed by atoms with Crippen molar-refractivity contribution in [3.05, 3.63) is 87.4 Å². The summed E-state index contributed by atoms with van der Waals surface area (Å²) in [5.74, 6) is -3.17. The Kier molecular flexibility index (Phi) is 6.65. The van der Waals surface area contributed by atoms with E-state index in [9.17, 15) is 13.6 Å². The number of benzene rings is 3. The van der Waals surface area contributed by atoms with Crippen LogP contribution in [0.4, 0.5) is 25.8 Å². The van der Waals surface area contributed by atoms with Crippen molar-refractivity contribution in [3.8, 4) is 0 Å². The maximum absolute atomic E-state index is 14.1. The summed E-state index contributed by atoms with van der Waals surface area (Å²) in [6.45, 7) is 0.105. The van der Waals surface area contributed by atoms with Crippen LogP contribution in [0.3, 0.4) is 0 Å². The van der Waals surface area contributed by atoms with E-state index in [2.05, 4.69) is 10.6 Å². The number of hydrogen-bond acceptors (Lipinski definition) is 3. The summed E-state index contributed by atoms with van der Waals surface area (Å²) in [4.78, 5) is 12.9. The lowest BCUT2D eigenvalue weighted by atomic mass is 10.1. The molecule has 4 nitrogen and oxygen atoms in total. The highest BCUT2D eigenvalue weighted by Crippen LogP contribution is 2.65. The van der Waals surface area contributed by atoms with Gasteiger partial charge in [-0.05, 0) is 53.6 Å². The van der Waals surface area contributed by atoms with Crippen LogP contribution < -0.4 is 16.4 Å². The van der Waals surface area contributed by atoms with Crippen LogP contribution in [0.25, 0.3) is 0 Å². The first kappa shape index (κ1) is 23.9. The first-order valence-corrected chi connectivity index (χ1v) is 11.3. The second-order valence-corrected chi connectivity index (χ2v) is 9.94. The average Bonchev–Trinajstić information content (AvgIpc) is 3.35. The number of halogens is 6. The van der Waals surface area contributed by atoms with Gasteiger partial charge < -0.3 is 16.4 Å². The largest absolute Gasteiger partial charge is 0.394 e. The first-order valence-electron chi connectivity index (χ1n) is 9.79. The van der Waals surface area contributed by atoms with Crippen molar-refractivity contribution in [2.24, 2.45) is 5.92 Å². The molecule has 0 heterocycles. The molecule has 2 unspecified atom stereocenters. The van der Waals surface area contributed by atoms with Gasteiger partial charge in [0.1, 0.15) is 15.8 Å². The van der Waals surface area contributed by atoms with E-state index in [1.54, 1.807) is 36.4 Å². The molecule has 0 radical (unpaired) electrons. The summed E-state index contributed by atoms with van der Waals surface area (Å²) < 4.78 is 26.2. The highest BCUT2D eigenvalue weighted by molar-refractivity contribution is 6.53. The minimum atomic E-state index is -1.26. The van der Waals surface area contributed by atoms with Gasteiger partial charge in [-0.1, -0.05) is 35.3 Å². The molecule has 4 rings (SSSR count). The zero-order valence-electron chi connectivity index (χ0n) is 16.8. The Morgan fingerprint density at radius 2 is 1.82 bits per heavy atom. The van der Waals surface area contributed by atoms with Gasteiger partial charge in [0.05, 0.1) is 11.6 Å². The highest BCUT2D eigenvalue weighted by atomic mass is 35.5. The third-order valence-electron chi connectivity index (χ3n) is 5.45. The van der Waals surface area contributed by atoms with Crippen LogP contribution in [0.15, 0.2) is 54.6 Å². The van der Waals surface area contributed by atoms with E-state index in [0.29, 0.717) is 21.3 Å². The lowest BCUT2D eigenvalue weighted by molar-refractivity contribution is -0.117. The third kappa shape index (κ3) is 4.85. The fraction of sp³-hybridized carbons (Fsp3) is 0.174. The van der Waals surface area contributed by atoms with Crippen LogP contribution in [0.2, 0.25) is 10.0 Å². The van der Waals surface area contributed by atoms with Gasteiger partial charge in [0.25, 0.3) is 0 Å². The highest BCUT2D eigenvalue weighted by Gasteiger charge is 2.67. The molecule has 1 fully saturated rings. The van der Waals surface area contributed by atoms with Gasteiger partial charge in [-0.15, -0.1) is 23.2 Å². The van der Waals surface area contributed by atoms with Gasteiger partial charge in [-0.3, -0.25) is 4.79 Å². The van der Waals surface area contributed by atoms with Gasteiger partial charge in [0.15, 0.2) is 5.82 Å². The molecular weight excluding hydrogens is 514 g/mol. The standard InChI is InChI=1S/C23H17Cl4F2N3O/c24-13-3-1-2-11(8-13)18-19(23(18,26)27)22(33)32-14-4-5-15(25)12(9-14)10-31-17-7-6-16(28)21(30)20(17)29/h1-9,18-19,31H,10,30H2,(H,32,33). The summed E-state index contributed by atoms with van der Waals surface area (Å²) in [5.41, 5.74) is 6.64. The molecule has 3 aromatic carbocycles. The van der Waals surface area contributed by atoms with Crippen molar-refractivity contribution in [2.45, 2.75) is 16.8 Å². The van der Waals surface area contributed by atoms with Crippen LogP contribution in [0.5, 0.6) is 0 Å². The topological polar surface area (TPSA) is 67.2 Å². The maximum atomic E-state index is 14.1. The SMILES string of the molecule is Nc1c(F)ccc(NCc2cc(NC(=O)C3C(c4cccc(Cl)c4)C3(Cl)Cl)ccc2Cl)c1F. The summed E-state index contributed by atoms with van der Waals surface area (Å²) in [6, 6.07) is 14.2. The minimum absolute atomic E-state index is 0.0239. The number of nitrogens with two attached hydrogens (primary N) is 1. The number of hydrogen-bond donors (Lipinski definition) is 3. The Morgan fingerprint density at radius 3 is 2.55 bits per heavy atom. The molecule has 1 aliphatic rings. The Morgan fingerprint density at radius 1 is 1.06 bits per heavy atom.